The lowest BCUT2D eigenvalue weighted by molar-refractivity contribution is -0.384. The van der Waals surface area contributed by atoms with E-state index in [0.29, 0.717) is 10.6 Å². The van der Waals surface area contributed by atoms with Crippen molar-refractivity contribution in [1.82, 2.24) is 0 Å². The van der Waals surface area contributed by atoms with E-state index in [0.717, 1.165) is 13.2 Å². The van der Waals surface area contributed by atoms with Crippen molar-refractivity contribution in [1.29, 1.82) is 0 Å². The van der Waals surface area contributed by atoms with Crippen LogP contribution in [-0.4, -0.2) is 29.7 Å². The third kappa shape index (κ3) is 4.39. The summed E-state index contributed by atoms with van der Waals surface area (Å²) >= 11 is 12.0. The smallest absolute Gasteiger partial charge is 0.339 e. The number of nitrogens with one attached hydrogen (secondary N) is 1. The van der Waals surface area contributed by atoms with Crippen molar-refractivity contribution in [2.24, 2.45) is 0 Å². The van der Waals surface area contributed by atoms with E-state index in [4.69, 9.17) is 23.2 Å². The van der Waals surface area contributed by atoms with E-state index in [1.807, 2.05) is 0 Å². The Hall–Kier alpha value is -2.35. The van der Waals surface area contributed by atoms with Crippen LogP contribution in [0.15, 0.2) is 36.4 Å². The van der Waals surface area contributed by atoms with Gasteiger partial charge in [0.15, 0.2) is 0 Å². The molecule has 1 unspecified atom stereocenters. The highest BCUT2D eigenvalue weighted by Crippen LogP contribution is 2.32. The Bertz CT molecular complexity index is 813. The van der Waals surface area contributed by atoms with Gasteiger partial charge in [-0.3, -0.25) is 10.1 Å². The first-order valence-corrected chi connectivity index (χ1v) is 7.83. The van der Waals surface area contributed by atoms with Crippen LogP contribution in [0.25, 0.3) is 0 Å². The molecule has 9 heteroatoms. The van der Waals surface area contributed by atoms with Crippen LogP contribution in [0.1, 0.15) is 22.0 Å². The number of anilines is 1. The fourth-order valence-electron chi connectivity index (χ4n) is 2.18. The summed E-state index contributed by atoms with van der Waals surface area (Å²) in [6, 6.07) is 8.99. The van der Waals surface area contributed by atoms with Crippen molar-refractivity contribution in [2.75, 3.05) is 19.0 Å². The van der Waals surface area contributed by atoms with Crippen molar-refractivity contribution in [3.63, 3.8) is 0 Å². The zero-order chi connectivity index (χ0) is 18.6. The first kappa shape index (κ1) is 19.0. The molecule has 0 bridgehead atoms. The largest absolute Gasteiger partial charge is 0.465 e. The zero-order valence-electron chi connectivity index (χ0n) is 13.0. The van der Waals surface area contributed by atoms with E-state index in [1.165, 1.54) is 6.07 Å². The standard InChI is InChI=1S/C16H14Cl2N2O5/c1-25-16(22)10-6-14(20(23)24)13(7-12(10)18)19-8-15(21)9-4-2-3-5-11(9)17/h2-7,15,19,21H,8H2,1H3. The molecule has 25 heavy (non-hydrogen) atoms. The number of hydrogen-bond donors (Lipinski definition) is 2. The lowest BCUT2D eigenvalue weighted by Gasteiger charge is -2.15. The molecule has 0 aliphatic carbocycles. The second-order valence-corrected chi connectivity index (χ2v) is 5.83. The molecule has 1 atom stereocenters. The SMILES string of the molecule is COC(=O)c1cc([N+](=O)[O-])c(NCC(O)c2ccccc2Cl)cc1Cl. The molecule has 132 valence electrons. The highest BCUT2D eigenvalue weighted by molar-refractivity contribution is 6.34. The minimum atomic E-state index is -0.993. The number of rotatable bonds is 6. The molecule has 0 saturated heterocycles. The molecule has 0 aliphatic rings. The van der Waals surface area contributed by atoms with Crippen molar-refractivity contribution in [3.05, 3.63) is 67.7 Å². The third-order valence-corrected chi connectivity index (χ3v) is 4.09. The molecule has 2 N–H and O–H groups in total. The Morgan fingerprint density at radius 3 is 2.60 bits per heavy atom. The lowest BCUT2D eigenvalue weighted by Crippen LogP contribution is -2.14. The molecule has 0 fully saturated rings. The Morgan fingerprint density at radius 2 is 2.00 bits per heavy atom. The van der Waals surface area contributed by atoms with Crippen LogP contribution >= 0.6 is 23.2 Å². The van der Waals surface area contributed by atoms with E-state index in [1.54, 1.807) is 24.3 Å². The van der Waals surface area contributed by atoms with Crippen LogP contribution in [0.3, 0.4) is 0 Å². The van der Waals surface area contributed by atoms with E-state index in [2.05, 4.69) is 10.1 Å². The Kier molecular flexibility index (Phi) is 6.19. The molecule has 0 spiro atoms. The maximum Gasteiger partial charge on any atom is 0.339 e. The Balaban J connectivity index is 2.27. The first-order valence-electron chi connectivity index (χ1n) is 7.07. The molecule has 0 saturated carbocycles. The average Bonchev–Trinajstić information content (AvgIpc) is 2.59. The molecule has 0 heterocycles. The highest BCUT2D eigenvalue weighted by atomic mass is 35.5. The van der Waals surface area contributed by atoms with Crippen molar-refractivity contribution in [3.8, 4) is 0 Å². The summed E-state index contributed by atoms with van der Waals surface area (Å²) in [4.78, 5) is 22.2. The fourth-order valence-corrected chi connectivity index (χ4v) is 2.69. The van der Waals surface area contributed by atoms with Crippen molar-refractivity contribution < 1.29 is 19.6 Å². The van der Waals surface area contributed by atoms with Crippen LogP contribution in [-0.2, 0) is 4.74 Å². The predicted octanol–water partition coefficient (Wildman–Crippen LogP) is 3.83. The van der Waals surface area contributed by atoms with Crippen LogP contribution < -0.4 is 5.32 Å². The first-order chi connectivity index (χ1) is 11.8. The van der Waals surface area contributed by atoms with Crippen molar-refractivity contribution in [2.45, 2.75) is 6.10 Å². The molecule has 0 aromatic heterocycles. The van der Waals surface area contributed by atoms with Crippen LogP contribution in [0.4, 0.5) is 11.4 Å². The quantitative estimate of drug-likeness (QED) is 0.445. The minimum absolute atomic E-state index is 0.00724. The molecule has 0 amide bonds. The maximum atomic E-state index is 11.6. The minimum Gasteiger partial charge on any atom is -0.465 e. The number of nitro benzene ring substituents is 1. The summed E-state index contributed by atoms with van der Waals surface area (Å²) in [5, 5.41) is 24.6. The van der Waals surface area contributed by atoms with Gasteiger partial charge < -0.3 is 15.2 Å². The van der Waals surface area contributed by atoms with E-state index < -0.39 is 17.0 Å². The van der Waals surface area contributed by atoms with Gasteiger partial charge in [0.2, 0.25) is 0 Å². The maximum absolute atomic E-state index is 11.6. The van der Waals surface area contributed by atoms with Gasteiger partial charge in [-0.05, 0) is 12.1 Å². The van der Waals surface area contributed by atoms with Crippen LogP contribution in [0.5, 0.6) is 0 Å². The molecular formula is C16H14Cl2N2O5. The van der Waals surface area contributed by atoms with Gasteiger partial charge in [0.05, 0.1) is 28.7 Å². The number of nitro groups is 1. The molecule has 2 aromatic rings. The number of aliphatic hydroxyl groups excluding tert-OH is 1. The third-order valence-electron chi connectivity index (χ3n) is 3.44. The van der Waals surface area contributed by atoms with Crippen LogP contribution in [0.2, 0.25) is 10.0 Å². The number of carbonyl (C=O) groups is 1. The van der Waals surface area contributed by atoms with Gasteiger partial charge in [0.1, 0.15) is 5.69 Å². The number of halogens is 2. The van der Waals surface area contributed by atoms with E-state index >= 15 is 0 Å². The number of methoxy groups -OCH3 is 1. The molecule has 0 radical (unpaired) electrons. The number of esters is 1. The average molecular weight is 385 g/mol. The fraction of sp³-hybridized carbons (Fsp3) is 0.188. The molecular weight excluding hydrogens is 371 g/mol. The number of nitrogens with zero attached hydrogens (tertiary/aromatic N) is 1. The number of hydrogen-bond acceptors (Lipinski definition) is 6. The second kappa shape index (κ2) is 8.15. The monoisotopic (exact) mass is 384 g/mol. The summed E-state index contributed by atoms with van der Waals surface area (Å²) < 4.78 is 4.54. The number of carbonyl (C=O) groups excluding carboxylic acids is 1. The molecule has 7 nitrogen and oxygen atoms in total. The van der Waals surface area contributed by atoms with Gasteiger partial charge in [0.25, 0.3) is 5.69 Å². The van der Waals surface area contributed by atoms with Gasteiger partial charge in [-0.2, -0.15) is 0 Å². The van der Waals surface area contributed by atoms with Gasteiger partial charge in [-0.25, -0.2) is 4.79 Å². The predicted molar refractivity (Wildman–Crippen MR) is 94.3 cm³/mol. The Labute approximate surface area is 153 Å². The van der Waals surface area contributed by atoms with Crippen LogP contribution in [0, 0.1) is 10.1 Å². The molecule has 2 aromatic carbocycles. The van der Waals surface area contributed by atoms with Gasteiger partial charge in [-0.1, -0.05) is 41.4 Å². The Morgan fingerprint density at radius 1 is 1.32 bits per heavy atom. The van der Waals surface area contributed by atoms with Gasteiger partial charge in [0, 0.05) is 23.2 Å². The number of aliphatic hydroxyl groups is 1. The molecule has 0 aliphatic heterocycles. The van der Waals surface area contributed by atoms with Crippen molar-refractivity contribution >= 4 is 40.5 Å². The summed E-state index contributed by atoms with van der Waals surface area (Å²) in [5.41, 5.74) is 0.0644. The number of benzene rings is 2. The summed E-state index contributed by atoms with van der Waals surface area (Å²) in [6.45, 7) is -0.0432. The molecule has 2 rings (SSSR count). The van der Waals surface area contributed by atoms with Gasteiger partial charge >= 0.3 is 5.97 Å². The second-order valence-electron chi connectivity index (χ2n) is 5.02. The number of ether oxygens (including phenoxy) is 1. The van der Waals surface area contributed by atoms with E-state index in [9.17, 15) is 20.0 Å². The normalized spacial score (nSPS) is 11.7. The summed E-state index contributed by atoms with van der Waals surface area (Å²) in [6.07, 6.45) is -0.993. The highest BCUT2D eigenvalue weighted by Gasteiger charge is 2.22. The van der Waals surface area contributed by atoms with E-state index in [-0.39, 0.29) is 28.5 Å². The summed E-state index contributed by atoms with van der Waals surface area (Å²) in [7, 11) is 1.15. The van der Waals surface area contributed by atoms with Gasteiger partial charge in [-0.15, -0.1) is 0 Å². The lowest BCUT2D eigenvalue weighted by atomic mass is 10.1. The topological polar surface area (TPSA) is 102 Å². The zero-order valence-corrected chi connectivity index (χ0v) is 14.5. The summed E-state index contributed by atoms with van der Waals surface area (Å²) in [5.74, 6) is -0.782.